The van der Waals surface area contributed by atoms with Gasteiger partial charge in [0.15, 0.2) is 11.5 Å². The fourth-order valence-corrected chi connectivity index (χ4v) is 6.23. The SMILES string of the molecule is COc1cc2c(cc1OC)CN(C(=O)Cn1nc(C)c(S(=O)(=O)N3CCOCC3)c1C)CC2. The molecule has 1 saturated heterocycles. The second-order valence-electron chi connectivity index (χ2n) is 8.22. The Morgan fingerprint density at radius 1 is 1.06 bits per heavy atom. The number of benzene rings is 1. The summed E-state index contributed by atoms with van der Waals surface area (Å²) in [5.74, 6) is 1.19. The molecular formula is C22H30N4O6S. The number of hydrogen-bond acceptors (Lipinski definition) is 7. The van der Waals surface area contributed by atoms with Crippen molar-refractivity contribution in [2.24, 2.45) is 0 Å². The summed E-state index contributed by atoms with van der Waals surface area (Å²) in [5, 5.41) is 4.40. The van der Waals surface area contributed by atoms with Crippen LogP contribution < -0.4 is 9.47 Å². The predicted molar refractivity (Wildman–Crippen MR) is 120 cm³/mol. The number of carbonyl (C=O) groups excluding carboxylic acids is 1. The molecule has 1 fully saturated rings. The molecule has 2 aliphatic rings. The van der Waals surface area contributed by atoms with E-state index in [-0.39, 0.29) is 17.3 Å². The van der Waals surface area contributed by atoms with Crippen molar-refractivity contribution >= 4 is 15.9 Å². The summed E-state index contributed by atoms with van der Waals surface area (Å²) in [6.45, 7) is 5.73. The van der Waals surface area contributed by atoms with E-state index in [1.165, 1.54) is 8.99 Å². The van der Waals surface area contributed by atoms with Crippen molar-refractivity contribution in [1.29, 1.82) is 0 Å². The number of sulfonamides is 1. The summed E-state index contributed by atoms with van der Waals surface area (Å²) < 4.78 is 45.3. The van der Waals surface area contributed by atoms with Crippen molar-refractivity contribution in [3.63, 3.8) is 0 Å². The molecule has 180 valence electrons. The summed E-state index contributed by atoms with van der Waals surface area (Å²) in [5.41, 5.74) is 3.00. The molecule has 2 aromatic rings. The van der Waals surface area contributed by atoms with Gasteiger partial charge >= 0.3 is 0 Å². The van der Waals surface area contributed by atoms with Gasteiger partial charge in [0, 0.05) is 26.2 Å². The van der Waals surface area contributed by atoms with E-state index in [9.17, 15) is 13.2 Å². The number of ether oxygens (including phenoxy) is 3. The molecule has 1 amide bonds. The number of amides is 1. The third-order valence-corrected chi connectivity index (χ3v) is 8.39. The zero-order chi connectivity index (χ0) is 23.8. The molecule has 0 radical (unpaired) electrons. The Morgan fingerprint density at radius 2 is 1.70 bits per heavy atom. The number of hydrogen-bond donors (Lipinski definition) is 0. The first-order valence-corrected chi connectivity index (χ1v) is 12.3. The molecule has 4 rings (SSSR count). The number of aromatic nitrogens is 2. The maximum atomic E-state index is 13.2. The van der Waals surface area contributed by atoms with Gasteiger partial charge in [-0.3, -0.25) is 9.48 Å². The van der Waals surface area contributed by atoms with Crippen LogP contribution in [0.2, 0.25) is 0 Å². The van der Waals surface area contributed by atoms with Crippen molar-refractivity contribution in [3.8, 4) is 11.5 Å². The fourth-order valence-electron chi connectivity index (χ4n) is 4.45. The van der Waals surface area contributed by atoms with Crippen molar-refractivity contribution in [2.45, 2.75) is 38.3 Å². The average molecular weight is 479 g/mol. The summed E-state index contributed by atoms with van der Waals surface area (Å²) in [6.07, 6.45) is 0.704. The van der Waals surface area contributed by atoms with E-state index in [1.807, 2.05) is 12.1 Å². The highest BCUT2D eigenvalue weighted by atomic mass is 32.2. The maximum absolute atomic E-state index is 13.2. The molecule has 0 aliphatic carbocycles. The molecule has 1 aromatic heterocycles. The molecule has 11 heteroatoms. The summed E-state index contributed by atoms with van der Waals surface area (Å²) in [4.78, 5) is 15.1. The van der Waals surface area contributed by atoms with Gasteiger partial charge in [-0.15, -0.1) is 0 Å². The average Bonchev–Trinajstić information content (AvgIpc) is 3.11. The van der Waals surface area contributed by atoms with E-state index < -0.39 is 10.0 Å². The Balaban J connectivity index is 1.52. The van der Waals surface area contributed by atoms with Crippen LogP contribution in [0.15, 0.2) is 17.0 Å². The summed E-state index contributed by atoms with van der Waals surface area (Å²) in [7, 11) is -0.511. The van der Waals surface area contributed by atoms with E-state index in [2.05, 4.69) is 5.10 Å². The van der Waals surface area contributed by atoms with Crippen molar-refractivity contribution in [2.75, 3.05) is 47.1 Å². The smallest absolute Gasteiger partial charge is 0.246 e. The molecule has 0 atom stereocenters. The summed E-state index contributed by atoms with van der Waals surface area (Å²) in [6, 6.07) is 3.86. The number of morpholine rings is 1. The highest BCUT2D eigenvalue weighted by Gasteiger charge is 2.33. The molecular weight excluding hydrogens is 448 g/mol. The number of carbonyl (C=O) groups is 1. The lowest BCUT2D eigenvalue weighted by molar-refractivity contribution is -0.133. The van der Waals surface area contributed by atoms with Crippen LogP contribution in [0, 0.1) is 13.8 Å². The molecule has 3 heterocycles. The van der Waals surface area contributed by atoms with Gasteiger partial charge < -0.3 is 19.1 Å². The molecule has 0 bridgehead atoms. The van der Waals surface area contributed by atoms with Crippen LogP contribution in [0.3, 0.4) is 0 Å². The quantitative estimate of drug-likeness (QED) is 0.613. The molecule has 0 N–H and O–H groups in total. The standard InChI is InChI=1S/C22H30N4O6S/c1-15-22(33(28,29)25-7-9-32-10-8-25)16(2)26(23-15)14-21(27)24-6-5-17-11-19(30-3)20(31-4)12-18(17)13-24/h11-12H,5-10,13-14H2,1-4H3. The molecule has 0 spiro atoms. The Morgan fingerprint density at radius 3 is 2.33 bits per heavy atom. The van der Waals surface area contributed by atoms with E-state index in [1.54, 1.807) is 33.0 Å². The molecule has 0 saturated carbocycles. The van der Waals surface area contributed by atoms with Crippen molar-refractivity contribution in [3.05, 3.63) is 34.6 Å². The molecule has 1 aromatic carbocycles. The van der Waals surface area contributed by atoms with E-state index in [0.29, 0.717) is 68.7 Å². The molecule has 10 nitrogen and oxygen atoms in total. The molecule has 33 heavy (non-hydrogen) atoms. The van der Waals surface area contributed by atoms with Gasteiger partial charge in [0.25, 0.3) is 0 Å². The minimum Gasteiger partial charge on any atom is -0.493 e. The Kier molecular flexibility index (Phi) is 6.64. The van der Waals surface area contributed by atoms with Crippen LogP contribution in [0.4, 0.5) is 0 Å². The lowest BCUT2D eigenvalue weighted by Gasteiger charge is -2.30. The number of methoxy groups -OCH3 is 2. The first-order chi connectivity index (χ1) is 15.8. The van der Waals surface area contributed by atoms with Crippen LogP contribution in [-0.2, 0) is 39.1 Å². The van der Waals surface area contributed by atoms with Crippen LogP contribution in [-0.4, -0.2) is 80.4 Å². The highest BCUT2D eigenvalue weighted by molar-refractivity contribution is 7.89. The maximum Gasteiger partial charge on any atom is 0.246 e. The van der Waals surface area contributed by atoms with Gasteiger partial charge in [-0.2, -0.15) is 9.40 Å². The van der Waals surface area contributed by atoms with E-state index >= 15 is 0 Å². The Labute approximate surface area is 194 Å². The monoisotopic (exact) mass is 478 g/mol. The van der Waals surface area contributed by atoms with Crippen molar-refractivity contribution in [1.82, 2.24) is 19.0 Å². The third-order valence-electron chi connectivity index (χ3n) is 6.24. The van der Waals surface area contributed by atoms with Crippen molar-refractivity contribution < 1.29 is 27.4 Å². The second kappa shape index (κ2) is 9.32. The zero-order valence-corrected chi connectivity index (χ0v) is 20.3. The number of aryl methyl sites for hydroxylation is 1. The molecule has 2 aliphatic heterocycles. The van der Waals surface area contributed by atoms with Gasteiger partial charge in [0.05, 0.1) is 38.8 Å². The minimum atomic E-state index is -3.70. The molecule has 0 unspecified atom stereocenters. The minimum absolute atomic E-state index is 0.0199. The Hall–Kier alpha value is -2.63. The second-order valence-corrected chi connectivity index (χ2v) is 10.1. The number of fused-ring (bicyclic) bond motifs is 1. The lowest BCUT2D eigenvalue weighted by atomic mass is 9.98. The lowest BCUT2D eigenvalue weighted by Crippen LogP contribution is -2.41. The van der Waals surface area contributed by atoms with E-state index in [4.69, 9.17) is 14.2 Å². The predicted octanol–water partition coefficient (Wildman–Crippen LogP) is 1.12. The van der Waals surface area contributed by atoms with Crippen LogP contribution in [0.25, 0.3) is 0 Å². The normalized spacial score (nSPS) is 17.0. The first kappa shape index (κ1) is 23.5. The van der Waals surface area contributed by atoms with Gasteiger partial charge in [0.2, 0.25) is 15.9 Å². The van der Waals surface area contributed by atoms with E-state index in [0.717, 1.165) is 11.1 Å². The summed E-state index contributed by atoms with van der Waals surface area (Å²) >= 11 is 0. The van der Waals surface area contributed by atoms with Crippen LogP contribution >= 0.6 is 0 Å². The van der Waals surface area contributed by atoms with Gasteiger partial charge in [-0.1, -0.05) is 0 Å². The van der Waals surface area contributed by atoms with Gasteiger partial charge in [-0.05, 0) is 43.5 Å². The van der Waals surface area contributed by atoms with Crippen LogP contribution in [0.1, 0.15) is 22.5 Å². The van der Waals surface area contributed by atoms with Gasteiger partial charge in [-0.25, -0.2) is 8.42 Å². The topological polar surface area (TPSA) is 103 Å². The third kappa shape index (κ3) is 4.44. The highest BCUT2D eigenvalue weighted by Crippen LogP contribution is 2.33. The largest absolute Gasteiger partial charge is 0.493 e. The first-order valence-electron chi connectivity index (χ1n) is 10.9. The van der Waals surface area contributed by atoms with Crippen LogP contribution in [0.5, 0.6) is 11.5 Å². The fraction of sp³-hybridized carbons (Fsp3) is 0.545. The number of rotatable bonds is 6. The number of nitrogens with zero attached hydrogens (tertiary/aromatic N) is 4. The Bertz CT molecular complexity index is 1150. The zero-order valence-electron chi connectivity index (χ0n) is 19.5. The van der Waals surface area contributed by atoms with Gasteiger partial charge in [0.1, 0.15) is 11.4 Å².